The van der Waals surface area contributed by atoms with E-state index in [1.807, 2.05) is 0 Å². The van der Waals surface area contributed by atoms with Gasteiger partial charge in [-0.25, -0.2) is 14.0 Å². The number of hydrogen-bond acceptors (Lipinski definition) is 8. The van der Waals surface area contributed by atoms with E-state index in [0.717, 1.165) is 13.2 Å². The normalized spacial score (nSPS) is 13.8. The molecule has 2 aromatic rings. The average molecular weight is 492 g/mol. The number of carbonyl (C=O) groups excluding carboxylic acids is 2. The molecule has 1 aliphatic carbocycles. The fourth-order valence-electron chi connectivity index (χ4n) is 3.85. The highest BCUT2D eigenvalue weighted by Gasteiger charge is 2.35. The minimum atomic E-state index is -1.37. The molecule has 12 nitrogen and oxygen atoms in total. The number of nitro groups is 1. The minimum Gasteiger partial charge on any atom is -0.480 e. The summed E-state index contributed by atoms with van der Waals surface area (Å²) in [6.45, 7) is 1.67. The molecule has 1 aromatic carbocycles. The average Bonchev–Trinajstić information content (AvgIpc) is 3.63. The van der Waals surface area contributed by atoms with Gasteiger partial charge in [-0.05, 0) is 38.2 Å². The Morgan fingerprint density at radius 1 is 1.34 bits per heavy atom. The smallest absolute Gasteiger partial charge is 0.343 e. The zero-order valence-corrected chi connectivity index (χ0v) is 19.1. The molecule has 0 aliphatic heterocycles. The summed E-state index contributed by atoms with van der Waals surface area (Å²) in [5, 5.41) is 26.3. The molecule has 0 saturated heterocycles. The number of methoxy groups -OCH3 is 1. The number of nitrogens with one attached hydrogen (secondary N) is 2. The van der Waals surface area contributed by atoms with E-state index in [2.05, 4.69) is 15.4 Å². The van der Waals surface area contributed by atoms with Crippen LogP contribution in [0.4, 0.5) is 15.8 Å². The van der Waals surface area contributed by atoms with E-state index in [0.29, 0.717) is 32.2 Å². The molecule has 0 radical (unpaired) electrons. The van der Waals surface area contributed by atoms with Gasteiger partial charge in [0.05, 0.1) is 17.4 Å². The van der Waals surface area contributed by atoms with Crippen molar-refractivity contribution in [2.24, 2.45) is 0 Å². The van der Waals surface area contributed by atoms with Crippen LogP contribution in [0.5, 0.6) is 0 Å². The number of aromatic nitrogens is 1. The van der Waals surface area contributed by atoms with Crippen LogP contribution < -0.4 is 16.1 Å². The van der Waals surface area contributed by atoms with Crippen LogP contribution in [0.1, 0.15) is 55.4 Å². The number of esters is 1. The Bertz CT molecular complexity index is 1250. The van der Waals surface area contributed by atoms with Crippen molar-refractivity contribution in [3.8, 4) is 0 Å². The van der Waals surface area contributed by atoms with Gasteiger partial charge in [0.2, 0.25) is 11.3 Å². The number of benzene rings is 1. The van der Waals surface area contributed by atoms with E-state index in [-0.39, 0.29) is 34.8 Å². The molecule has 35 heavy (non-hydrogen) atoms. The first kappa shape index (κ1) is 25.6. The topological polar surface area (TPSA) is 170 Å². The standard InChI is InChI=1S/C22H25FN4O8/c1-11(28)24-8-4-3-5-16(21(30)31)25-17-15(23)9-13-18(19(17)27(33)34)26(12-6-7-12)10-14(20(13)29)22(32)35-2/h9-10,12,16,25H,3-8H2,1-2H3,(H,24,28)(H,30,31)/t16-/m0/s1. The van der Waals surface area contributed by atoms with Gasteiger partial charge in [-0.1, -0.05) is 0 Å². The summed E-state index contributed by atoms with van der Waals surface area (Å²) < 4.78 is 21.2. The summed E-state index contributed by atoms with van der Waals surface area (Å²) in [7, 11) is 1.08. The van der Waals surface area contributed by atoms with Crippen molar-refractivity contribution >= 4 is 40.1 Å². The third kappa shape index (κ3) is 5.55. The maximum Gasteiger partial charge on any atom is 0.343 e. The molecule has 0 unspecified atom stereocenters. The number of hydrogen-bond donors (Lipinski definition) is 3. The van der Waals surface area contributed by atoms with Crippen molar-refractivity contribution in [3.05, 3.63) is 44.0 Å². The number of carboxylic acid groups (broad SMARTS) is 1. The lowest BCUT2D eigenvalue weighted by molar-refractivity contribution is -0.382. The Morgan fingerprint density at radius 2 is 2.03 bits per heavy atom. The first-order chi connectivity index (χ1) is 16.6. The fraction of sp³-hybridized carbons (Fsp3) is 0.455. The molecule has 1 atom stereocenters. The second kappa shape index (κ2) is 10.5. The van der Waals surface area contributed by atoms with Gasteiger partial charge < -0.3 is 25.0 Å². The highest BCUT2D eigenvalue weighted by molar-refractivity contribution is 5.99. The Balaban J connectivity index is 2.09. The van der Waals surface area contributed by atoms with Crippen LogP contribution in [-0.2, 0) is 14.3 Å². The molecule has 1 aliphatic rings. The first-order valence-electron chi connectivity index (χ1n) is 10.9. The van der Waals surface area contributed by atoms with E-state index in [1.54, 1.807) is 0 Å². The number of anilines is 1. The van der Waals surface area contributed by atoms with E-state index in [1.165, 1.54) is 17.7 Å². The van der Waals surface area contributed by atoms with E-state index >= 15 is 4.39 Å². The molecule has 1 saturated carbocycles. The monoisotopic (exact) mass is 492 g/mol. The molecule has 1 heterocycles. The van der Waals surface area contributed by atoms with Gasteiger partial charge in [-0.2, -0.15) is 0 Å². The highest BCUT2D eigenvalue weighted by atomic mass is 19.1. The summed E-state index contributed by atoms with van der Waals surface area (Å²) in [5.41, 5.74) is -2.95. The molecule has 0 spiro atoms. The predicted molar refractivity (Wildman–Crippen MR) is 122 cm³/mol. The number of carbonyl (C=O) groups is 3. The molecule has 1 aromatic heterocycles. The Hall–Kier alpha value is -4.03. The third-order valence-corrected chi connectivity index (χ3v) is 5.68. The van der Waals surface area contributed by atoms with E-state index in [9.17, 15) is 34.4 Å². The highest BCUT2D eigenvalue weighted by Crippen LogP contribution is 2.42. The van der Waals surface area contributed by atoms with Gasteiger partial charge in [0.1, 0.15) is 17.1 Å². The summed E-state index contributed by atoms with van der Waals surface area (Å²) in [6.07, 6.45) is 3.21. The van der Waals surface area contributed by atoms with Gasteiger partial charge in [0.25, 0.3) is 0 Å². The van der Waals surface area contributed by atoms with Gasteiger partial charge in [0.15, 0.2) is 11.5 Å². The van der Waals surface area contributed by atoms with Crippen LogP contribution in [0.25, 0.3) is 10.9 Å². The van der Waals surface area contributed by atoms with Crippen molar-refractivity contribution in [2.75, 3.05) is 19.0 Å². The molecule has 188 valence electrons. The lowest BCUT2D eigenvalue weighted by Crippen LogP contribution is -2.31. The largest absolute Gasteiger partial charge is 0.480 e. The van der Waals surface area contributed by atoms with Crippen LogP contribution in [0.3, 0.4) is 0 Å². The summed E-state index contributed by atoms with van der Waals surface area (Å²) in [6, 6.07) is -0.843. The van der Waals surface area contributed by atoms with Crippen molar-refractivity contribution < 1.29 is 33.5 Å². The lowest BCUT2D eigenvalue weighted by Gasteiger charge is -2.19. The van der Waals surface area contributed by atoms with Gasteiger partial charge in [-0.15, -0.1) is 0 Å². The van der Waals surface area contributed by atoms with Crippen LogP contribution in [0, 0.1) is 15.9 Å². The second-order valence-corrected chi connectivity index (χ2v) is 8.25. The Kier molecular flexibility index (Phi) is 7.67. The molecular formula is C22H25FN4O8. The molecular weight excluding hydrogens is 467 g/mol. The van der Waals surface area contributed by atoms with E-state index in [4.69, 9.17) is 0 Å². The maximum atomic E-state index is 15.2. The van der Waals surface area contributed by atoms with Crippen molar-refractivity contribution in [3.63, 3.8) is 0 Å². The fourth-order valence-corrected chi connectivity index (χ4v) is 3.85. The van der Waals surface area contributed by atoms with Gasteiger partial charge in [-0.3, -0.25) is 19.7 Å². The number of pyridine rings is 1. The first-order valence-corrected chi connectivity index (χ1v) is 10.9. The van der Waals surface area contributed by atoms with Crippen molar-refractivity contribution in [2.45, 2.75) is 51.1 Å². The number of aliphatic carboxylic acids is 1. The Labute approximate surface area is 198 Å². The lowest BCUT2D eigenvalue weighted by atomic mass is 10.1. The number of halogens is 1. The number of fused-ring (bicyclic) bond motifs is 1. The number of amides is 1. The molecule has 1 amide bonds. The third-order valence-electron chi connectivity index (χ3n) is 5.68. The number of ether oxygens (including phenoxy) is 1. The number of unbranched alkanes of at least 4 members (excludes halogenated alkanes) is 1. The van der Waals surface area contributed by atoms with Gasteiger partial charge in [0, 0.05) is 25.7 Å². The van der Waals surface area contributed by atoms with Crippen LogP contribution >= 0.6 is 0 Å². The molecule has 1 fully saturated rings. The zero-order valence-electron chi connectivity index (χ0n) is 19.1. The predicted octanol–water partition coefficient (Wildman–Crippen LogP) is 2.34. The van der Waals surface area contributed by atoms with Crippen LogP contribution in [0.15, 0.2) is 17.1 Å². The second-order valence-electron chi connectivity index (χ2n) is 8.25. The summed E-state index contributed by atoms with van der Waals surface area (Å²) in [4.78, 5) is 58.9. The number of rotatable bonds is 11. The molecule has 3 rings (SSSR count). The van der Waals surface area contributed by atoms with Crippen molar-refractivity contribution in [1.82, 2.24) is 9.88 Å². The number of carboxylic acids is 1. The quantitative estimate of drug-likeness (QED) is 0.184. The molecule has 13 heteroatoms. The zero-order chi connectivity index (χ0) is 25.9. The van der Waals surface area contributed by atoms with Gasteiger partial charge >= 0.3 is 17.6 Å². The van der Waals surface area contributed by atoms with Crippen molar-refractivity contribution in [1.29, 1.82) is 0 Å². The summed E-state index contributed by atoms with van der Waals surface area (Å²) in [5.74, 6) is -3.74. The Morgan fingerprint density at radius 3 is 2.57 bits per heavy atom. The number of nitro benzene ring substituents is 1. The molecule has 0 bridgehead atoms. The van der Waals surface area contributed by atoms with E-state index < -0.39 is 45.5 Å². The SMILES string of the molecule is COC(=O)c1cn(C2CC2)c2c([N+](=O)[O-])c(N[C@@H](CCCCNC(C)=O)C(=O)O)c(F)cc2c1=O. The summed E-state index contributed by atoms with van der Waals surface area (Å²) >= 11 is 0. The molecule has 3 N–H and O–H groups in total. The van der Waals surface area contributed by atoms with Crippen LogP contribution in [-0.4, -0.2) is 52.1 Å². The maximum absolute atomic E-state index is 15.2. The number of nitrogens with zero attached hydrogens (tertiary/aromatic N) is 2. The van der Waals surface area contributed by atoms with Crippen LogP contribution in [0.2, 0.25) is 0 Å². The minimum absolute atomic E-state index is 0.000257.